The molecule has 7 nitrogen and oxygen atoms in total. The number of ether oxygens (including phenoxy) is 2. The van der Waals surface area contributed by atoms with Crippen molar-refractivity contribution in [3.63, 3.8) is 0 Å². The molecule has 1 fully saturated rings. The van der Waals surface area contributed by atoms with Gasteiger partial charge in [0.05, 0.1) is 31.5 Å². The molecule has 33 heavy (non-hydrogen) atoms. The largest absolute Gasteiger partial charge is 0.489 e. The smallest absolute Gasteiger partial charge is 0.234 e. The van der Waals surface area contributed by atoms with Crippen LogP contribution >= 0.6 is 0 Å². The molecule has 1 saturated heterocycles. The van der Waals surface area contributed by atoms with Gasteiger partial charge in [-0.3, -0.25) is 19.6 Å². The molecule has 4 rings (SSSR count). The summed E-state index contributed by atoms with van der Waals surface area (Å²) in [6, 6.07) is 14.2. The highest BCUT2D eigenvalue weighted by Gasteiger charge is 2.26. The van der Waals surface area contributed by atoms with Crippen molar-refractivity contribution in [1.29, 1.82) is 0 Å². The summed E-state index contributed by atoms with van der Waals surface area (Å²) in [4.78, 5) is 22.1. The number of nitrogens with one attached hydrogen (secondary N) is 1. The second-order valence-electron chi connectivity index (χ2n) is 8.88. The zero-order valence-corrected chi connectivity index (χ0v) is 19.6. The Morgan fingerprint density at radius 1 is 1.18 bits per heavy atom. The Labute approximate surface area is 197 Å². The molecule has 0 unspecified atom stereocenters. The normalized spacial score (nSPS) is 20.3. The van der Waals surface area contributed by atoms with E-state index in [1.165, 1.54) is 0 Å². The van der Waals surface area contributed by atoms with Crippen LogP contribution in [0.5, 0.6) is 5.75 Å². The van der Waals surface area contributed by atoms with E-state index in [0.29, 0.717) is 26.3 Å². The Kier molecular flexibility index (Phi) is 8.69. The second-order valence-corrected chi connectivity index (χ2v) is 8.88. The minimum Gasteiger partial charge on any atom is -0.489 e. The van der Waals surface area contributed by atoms with Crippen LogP contribution in [-0.2, 0) is 16.1 Å². The van der Waals surface area contributed by atoms with Gasteiger partial charge in [-0.25, -0.2) is 0 Å². The molecule has 0 radical (unpaired) electrons. The summed E-state index contributed by atoms with van der Waals surface area (Å²) in [6.07, 6.45) is 5.18. The molecule has 0 aliphatic carbocycles. The zero-order chi connectivity index (χ0) is 22.9. The average Bonchev–Trinajstić information content (AvgIpc) is 3.02. The molecule has 1 aromatic carbocycles. The van der Waals surface area contributed by atoms with E-state index < -0.39 is 0 Å². The topological polar surface area (TPSA) is 66.9 Å². The maximum absolute atomic E-state index is 13.0. The number of pyridine rings is 1. The van der Waals surface area contributed by atoms with Gasteiger partial charge in [0.2, 0.25) is 5.91 Å². The van der Waals surface area contributed by atoms with E-state index >= 15 is 0 Å². The number of morpholine rings is 1. The van der Waals surface area contributed by atoms with Gasteiger partial charge >= 0.3 is 0 Å². The Balaban J connectivity index is 1.39. The molecule has 1 aromatic heterocycles. The third kappa shape index (κ3) is 6.76. The maximum atomic E-state index is 13.0. The Bertz CT molecular complexity index is 873. The van der Waals surface area contributed by atoms with Crippen molar-refractivity contribution in [3.05, 3.63) is 59.9 Å². The number of aromatic nitrogens is 1. The number of para-hydroxylation sites is 1. The number of hydrogen-bond acceptors (Lipinski definition) is 6. The van der Waals surface area contributed by atoms with Crippen LogP contribution in [0.2, 0.25) is 0 Å². The molecule has 1 N–H and O–H groups in total. The zero-order valence-electron chi connectivity index (χ0n) is 19.6. The van der Waals surface area contributed by atoms with Crippen LogP contribution in [0, 0.1) is 0 Å². The van der Waals surface area contributed by atoms with E-state index in [1.807, 2.05) is 42.6 Å². The molecule has 0 saturated carbocycles. The SMILES string of the molecule is CCCC[C@@H]1CN(CC(=O)NC[C@@H](c2ccccn2)N2CCOCC2)Cc2ccccc2O1. The van der Waals surface area contributed by atoms with Crippen molar-refractivity contribution >= 4 is 5.91 Å². The van der Waals surface area contributed by atoms with Crippen LogP contribution < -0.4 is 10.1 Å². The lowest BCUT2D eigenvalue weighted by molar-refractivity contribution is -0.122. The minimum absolute atomic E-state index is 0.0396. The summed E-state index contributed by atoms with van der Waals surface area (Å²) in [5, 5.41) is 3.18. The van der Waals surface area contributed by atoms with Crippen LogP contribution in [0.1, 0.15) is 43.5 Å². The van der Waals surface area contributed by atoms with Gasteiger partial charge in [0, 0.05) is 44.5 Å². The third-order valence-corrected chi connectivity index (χ3v) is 6.38. The first-order chi connectivity index (χ1) is 16.2. The monoisotopic (exact) mass is 452 g/mol. The summed E-state index contributed by atoms with van der Waals surface area (Å²) >= 11 is 0. The van der Waals surface area contributed by atoms with Crippen LogP contribution in [0.4, 0.5) is 0 Å². The van der Waals surface area contributed by atoms with E-state index in [4.69, 9.17) is 9.47 Å². The van der Waals surface area contributed by atoms with Crippen molar-refractivity contribution in [1.82, 2.24) is 20.1 Å². The Morgan fingerprint density at radius 2 is 2.00 bits per heavy atom. The molecule has 2 aliphatic rings. The maximum Gasteiger partial charge on any atom is 0.234 e. The lowest BCUT2D eigenvalue weighted by Gasteiger charge is -2.34. The number of fused-ring (bicyclic) bond motifs is 1. The van der Waals surface area contributed by atoms with E-state index in [1.54, 1.807) is 0 Å². The summed E-state index contributed by atoms with van der Waals surface area (Å²) in [5.41, 5.74) is 2.13. The summed E-state index contributed by atoms with van der Waals surface area (Å²) in [7, 11) is 0. The number of nitrogens with zero attached hydrogens (tertiary/aromatic N) is 3. The first kappa shape index (κ1) is 23.7. The van der Waals surface area contributed by atoms with Gasteiger partial charge in [-0.15, -0.1) is 0 Å². The standard InChI is InChI=1S/C26H36N4O3/c1-2-3-9-22-19-29(18-21-8-4-5-11-25(21)33-22)20-26(31)28-17-24(23-10-6-7-12-27-23)30-13-15-32-16-14-30/h4-8,10-12,22,24H,2-3,9,13-20H2,1H3,(H,28,31)/t22-,24+/m1/s1. The molecule has 0 bridgehead atoms. The number of carbonyl (C=O) groups is 1. The van der Waals surface area contributed by atoms with Gasteiger partial charge in [0.15, 0.2) is 0 Å². The number of benzene rings is 1. The van der Waals surface area contributed by atoms with Crippen LogP contribution in [-0.4, -0.2) is 72.7 Å². The highest BCUT2D eigenvalue weighted by Crippen LogP contribution is 2.26. The molecule has 3 heterocycles. The fraction of sp³-hybridized carbons (Fsp3) is 0.538. The third-order valence-electron chi connectivity index (χ3n) is 6.38. The minimum atomic E-state index is 0.0396. The first-order valence-corrected chi connectivity index (χ1v) is 12.2. The summed E-state index contributed by atoms with van der Waals surface area (Å²) in [6.45, 7) is 7.69. The quantitative estimate of drug-likeness (QED) is 0.631. The fourth-order valence-electron chi connectivity index (χ4n) is 4.61. The molecule has 7 heteroatoms. The number of unbranched alkanes of at least 4 members (excludes halogenated alkanes) is 1. The molecular weight excluding hydrogens is 416 g/mol. The van der Waals surface area contributed by atoms with Gasteiger partial charge in [-0.2, -0.15) is 0 Å². The fourth-order valence-corrected chi connectivity index (χ4v) is 4.61. The number of carbonyl (C=O) groups excluding carboxylic acids is 1. The highest BCUT2D eigenvalue weighted by molar-refractivity contribution is 5.78. The van der Waals surface area contributed by atoms with E-state index in [9.17, 15) is 4.79 Å². The molecule has 178 valence electrons. The van der Waals surface area contributed by atoms with Gasteiger partial charge in [0.1, 0.15) is 11.9 Å². The van der Waals surface area contributed by atoms with Crippen LogP contribution in [0.3, 0.4) is 0 Å². The molecule has 2 aliphatic heterocycles. The molecule has 1 amide bonds. The average molecular weight is 453 g/mol. The molecular formula is C26H36N4O3. The van der Waals surface area contributed by atoms with Crippen LogP contribution in [0.15, 0.2) is 48.7 Å². The van der Waals surface area contributed by atoms with Gasteiger partial charge in [-0.05, 0) is 31.0 Å². The van der Waals surface area contributed by atoms with Crippen molar-refractivity contribution in [3.8, 4) is 5.75 Å². The van der Waals surface area contributed by atoms with Crippen LogP contribution in [0.25, 0.3) is 0 Å². The number of rotatable bonds is 9. The first-order valence-electron chi connectivity index (χ1n) is 12.2. The summed E-state index contributed by atoms with van der Waals surface area (Å²) < 4.78 is 11.8. The molecule has 0 spiro atoms. The lowest BCUT2D eigenvalue weighted by Crippen LogP contribution is -2.46. The van der Waals surface area contributed by atoms with Gasteiger partial charge in [-0.1, -0.05) is 37.6 Å². The lowest BCUT2D eigenvalue weighted by atomic mass is 10.1. The van der Waals surface area contributed by atoms with Crippen molar-refractivity contribution in [2.75, 3.05) is 45.9 Å². The second kappa shape index (κ2) is 12.1. The predicted molar refractivity (Wildman–Crippen MR) is 128 cm³/mol. The molecule has 2 atom stereocenters. The predicted octanol–water partition coefficient (Wildman–Crippen LogP) is 3.02. The Hall–Kier alpha value is -2.48. The van der Waals surface area contributed by atoms with Crippen molar-refractivity contribution in [2.24, 2.45) is 0 Å². The number of amides is 1. The van der Waals surface area contributed by atoms with Crippen molar-refractivity contribution in [2.45, 2.75) is 44.9 Å². The Morgan fingerprint density at radius 3 is 2.79 bits per heavy atom. The number of hydrogen-bond donors (Lipinski definition) is 1. The van der Waals surface area contributed by atoms with Gasteiger partial charge < -0.3 is 14.8 Å². The van der Waals surface area contributed by atoms with E-state index in [2.05, 4.69) is 33.1 Å². The van der Waals surface area contributed by atoms with E-state index in [-0.39, 0.29) is 18.1 Å². The highest BCUT2D eigenvalue weighted by atomic mass is 16.5. The van der Waals surface area contributed by atoms with Crippen molar-refractivity contribution < 1.29 is 14.3 Å². The van der Waals surface area contributed by atoms with E-state index in [0.717, 1.165) is 62.4 Å². The molecule has 2 aromatic rings. The van der Waals surface area contributed by atoms with Gasteiger partial charge in [0.25, 0.3) is 0 Å². The summed E-state index contributed by atoms with van der Waals surface area (Å²) in [5.74, 6) is 0.988.